The van der Waals surface area contributed by atoms with Crippen molar-refractivity contribution in [3.8, 4) is 0 Å². The zero-order valence-corrected chi connectivity index (χ0v) is 9.10. The lowest BCUT2D eigenvalue weighted by Crippen LogP contribution is -2.18. The summed E-state index contributed by atoms with van der Waals surface area (Å²) in [5.41, 5.74) is 1.11. The monoisotopic (exact) mass is 208 g/mol. The lowest BCUT2D eigenvalue weighted by molar-refractivity contribution is -0.147. The van der Waals surface area contributed by atoms with Crippen LogP contribution in [-0.4, -0.2) is 19.7 Å². The highest BCUT2D eigenvalue weighted by molar-refractivity contribution is 5.71. The minimum absolute atomic E-state index is 0.210. The minimum atomic E-state index is -0.233. The molecule has 0 radical (unpaired) electrons. The van der Waals surface area contributed by atoms with Crippen molar-refractivity contribution in [3.63, 3.8) is 0 Å². The largest absolute Gasteiger partial charge is 0.469 e. The van der Waals surface area contributed by atoms with Gasteiger partial charge in [-0.15, -0.1) is 0 Å². The fourth-order valence-electron chi connectivity index (χ4n) is 1.20. The van der Waals surface area contributed by atoms with Gasteiger partial charge in [-0.25, -0.2) is 0 Å². The van der Waals surface area contributed by atoms with Gasteiger partial charge in [0.2, 0.25) is 0 Å². The molecule has 0 saturated heterocycles. The molecule has 1 aromatic carbocycles. The summed E-state index contributed by atoms with van der Waals surface area (Å²) in [4.78, 5) is 11.1. The third-order valence-electron chi connectivity index (χ3n) is 2.08. The molecule has 82 valence electrons. The van der Waals surface area contributed by atoms with Crippen LogP contribution in [0.15, 0.2) is 30.3 Å². The minimum Gasteiger partial charge on any atom is -0.469 e. The zero-order chi connectivity index (χ0) is 11.1. The molecule has 1 rings (SSSR count). The number of methoxy groups -OCH3 is 1. The highest BCUT2D eigenvalue weighted by Crippen LogP contribution is 2.04. The first-order chi connectivity index (χ1) is 7.24. The Morgan fingerprint density at radius 1 is 1.33 bits per heavy atom. The number of carbonyl (C=O) groups excluding carboxylic acids is 1. The number of ether oxygens (including phenoxy) is 2. The van der Waals surface area contributed by atoms with Crippen LogP contribution in [0, 0.1) is 5.92 Å². The van der Waals surface area contributed by atoms with E-state index in [1.807, 2.05) is 30.3 Å². The SMILES string of the molecule is COC(=O)C(C)COCc1ccccc1. The van der Waals surface area contributed by atoms with Gasteiger partial charge in [0.25, 0.3) is 0 Å². The van der Waals surface area contributed by atoms with Crippen LogP contribution < -0.4 is 0 Å². The van der Waals surface area contributed by atoms with Crippen molar-refractivity contribution in [1.82, 2.24) is 0 Å². The number of hydrogen-bond donors (Lipinski definition) is 0. The fourth-order valence-corrected chi connectivity index (χ4v) is 1.20. The average molecular weight is 208 g/mol. The van der Waals surface area contributed by atoms with E-state index in [4.69, 9.17) is 4.74 Å². The number of rotatable bonds is 5. The van der Waals surface area contributed by atoms with Crippen LogP contribution in [0.1, 0.15) is 12.5 Å². The second-order valence-corrected chi connectivity index (χ2v) is 3.42. The van der Waals surface area contributed by atoms with Gasteiger partial charge in [-0.3, -0.25) is 4.79 Å². The van der Waals surface area contributed by atoms with Crippen molar-refractivity contribution < 1.29 is 14.3 Å². The predicted octanol–water partition coefficient (Wildman–Crippen LogP) is 2.01. The fraction of sp³-hybridized carbons (Fsp3) is 0.417. The third kappa shape index (κ3) is 4.13. The van der Waals surface area contributed by atoms with Gasteiger partial charge in [-0.1, -0.05) is 30.3 Å². The van der Waals surface area contributed by atoms with Gasteiger partial charge in [0.15, 0.2) is 0 Å². The second-order valence-electron chi connectivity index (χ2n) is 3.42. The molecule has 3 nitrogen and oxygen atoms in total. The lowest BCUT2D eigenvalue weighted by atomic mass is 10.2. The van der Waals surface area contributed by atoms with Gasteiger partial charge in [0.1, 0.15) is 0 Å². The van der Waals surface area contributed by atoms with E-state index < -0.39 is 0 Å². The molecule has 0 saturated carbocycles. The molecule has 1 unspecified atom stereocenters. The van der Waals surface area contributed by atoms with Crippen molar-refractivity contribution in [2.24, 2.45) is 5.92 Å². The Labute approximate surface area is 90.0 Å². The molecule has 1 aromatic rings. The van der Waals surface area contributed by atoms with Crippen LogP contribution >= 0.6 is 0 Å². The van der Waals surface area contributed by atoms with Crippen molar-refractivity contribution in [2.45, 2.75) is 13.5 Å². The van der Waals surface area contributed by atoms with Crippen molar-refractivity contribution in [1.29, 1.82) is 0 Å². The Bertz CT molecular complexity index is 295. The van der Waals surface area contributed by atoms with Crippen LogP contribution in [0.25, 0.3) is 0 Å². The summed E-state index contributed by atoms with van der Waals surface area (Å²) in [7, 11) is 1.38. The van der Waals surface area contributed by atoms with Crippen LogP contribution in [0.3, 0.4) is 0 Å². The quantitative estimate of drug-likeness (QED) is 0.694. The van der Waals surface area contributed by atoms with Crippen LogP contribution in [0.5, 0.6) is 0 Å². The Balaban J connectivity index is 2.25. The maximum atomic E-state index is 11.1. The van der Waals surface area contributed by atoms with Crippen LogP contribution in [0.4, 0.5) is 0 Å². The smallest absolute Gasteiger partial charge is 0.310 e. The number of esters is 1. The van der Waals surface area contributed by atoms with Gasteiger partial charge in [0.05, 0.1) is 26.2 Å². The highest BCUT2D eigenvalue weighted by Gasteiger charge is 2.12. The Morgan fingerprint density at radius 3 is 2.60 bits per heavy atom. The normalized spacial score (nSPS) is 12.1. The molecular formula is C12H16O3. The van der Waals surface area contributed by atoms with Crippen LogP contribution in [0.2, 0.25) is 0 Å². The van der Waals surface area contributed by atoms with E-state index in [0.29, 0.717) is 13.2 Å². The summed E-state index contributed by atoms with van der Waals surface area (Å²) in [5.74, 6) is -0.443. The number of benzene rings is 1. The standard InChI is InChI=1S/C12H16O3/c1-10(12(13)14-2)8-15-9-11-6-4-3-5-7-11/h3-7,10H,8-9H2,1-2H3. The average Bonchev–Trinajstić information content (AvgIpc) is 2.29. The third-order valence-corrected chi connectivity index (χ3v) is 2.08. The van der Waals surface area contributed by atoms with Crippen molar-refractivity contribution in [2.75, 3.05) is 13.7 Å². The summed E-state index contributed by atoms with van der Waals surface area (Å²) in [6.07, 6.45) is 0. The maximum Gasteiger partial charge on any atom is 0.310 e. The molecule has 0 heterocycles. The van der Waals surface area contributed by atoms with E-state index in [0.717, 1.165) is 5.56 Å². The lowest BCUT2D eigenvalue weighted by Gasteiger charge is -2.09. The topological polar surface area (TPSA) is 35.5 Å². The molecule has 0 aliphatic heterocycles. The Hall–Kier alpha value is -1.35. The van der Waals surface area contributed by atoms with Crippen LogP contribution in [-0.2, 0) is 20.9 Å². The van der Waals surface area contributed by atoms with E-state index in [2.05, 4.69) is 4.74 Å². The predicted molar refractivity (Wildman–Crippen MR) is 57.3 cm³/mol. The van der Waals surface area contributed by atoms with Gasteiger partial charge in [0, 0.05) is 0 Å². The maximum absolute atomic E-state index is 11.1. The first-order valence-corrected chi connectivity index (χ1v) is 4.93. The van der Waals surface area contributed by atoms with Gasteiger partial charge >= 0.3 is 5.97 Å². The Morgan fingerprint density at radius 2 is 2.00 bits per heavy atom. The van der Waals surface area contributed by atoms with Gasteiger partial charge in [-0.2, -0.15) is 0 Å². The Kier molecular flexibility index (Phi) is 4.84. The molecule has 1 atom stereocenters. The molecule has 0 bridgehead atoms. The molecule has 0 fully saturated rings. The zero-order valence-electron chi connectivity index (χ0n) is 9.10. The van der Waals surface area contributed by atoms with Crippen molar-refractivity contribution in [3.05, 3.63) is 35.9 Å². The molecule has 0 aliphatic rings. The number of carbonyl (C=O) groups is 1. The molecule has 0 spiro atoms. The summed E-state index contributed by atoms with van der Waals surface area (Å²) < 4.78 is 10.00. The summed E-state index contributed by atoms with van der Waals surface area (Å²) in [6.45, 7) is 2.71. The van der Waals surface area contributed by atoms with Crippen molar-refractivity contribution >= 4 is 5.97 Å². The van der Waals surface area contributed by atoms with E-state index in [9.17, 15) is 4.79 Å². The summed E-state index contributed by atoms with van der Waals surface area (Å²) >= 11 is 0. The molecule has 0 aromatic heterocycles. The van der Waals surface area contributed by atoms with E-state index in [1.54, 1.807) is 6.92 Å². The molecule has 3 heteroatoms. The highest BCUT2D eigenvalue weighted by atomic mass is 16.5. The van der Waals surface area contributed by atoms with Gasteiger partial charge < -0.3 is 9.47 Å². The number of hydrogen-bond acceptors (Lipinski definition) is 3. The molecular weight excluding hydrogens is 192 g/mol. The molecule has 0 amide bonds. The summed E-state index contributed by atoms with van der Waals surface area (Å²) in [6, 6.07) is 9.86. The van der Waals surface area contributed by atoms with E-state index >= 15 is 0 Å². The summed E-state index contributed by atoms with van der Waals surface area (Å²) in [5, 5.41) is 0. The molecule has 0 aliphatic carbocycles. The molecule has 15 heavy (non-hydrogen) atoms. The first kappa shape index (κ1) is 11.7. The van der Waals surface area contributed by atoms with E-state index in [-0.39, 0.29) is 11.9 Å². The van der Waals surface area contributed by atoms with Gasteiger partial charge in [-0.05, 0) is 12.5 Å². The first-order valence-electron chi connectivity index (χ1n) is 4.93. The van der Waals surface area contributed by atoms with E-state index in [1.165, 1.54) is 7.11 Å². The second kappa shape index (κ2) is 6.19. The molecule has 0 N–H and O–H groups in total.